The van der Waals surface area contributed by atoms with Gasteiger partial charge >= 0.3 is 0 Å². The maximum absolute atomic E-state index is 3.57. The average molecular weight is 252 g/mol. The molecule has 2 heteroatoms. The van der Waals surface area contributed by atoms with Crippen molar-refractivity contribution < 1.29 is 0 Å². The molecule has 0 atom stereocenters. The van der Waals surface area contributed by atoms with Gasteiger partial charge in [0.2, 0.25) is 0 Å². The molecule has 0 amide bonds. The van der Waals surface area contributed by atoms with Crippen molar-refractivity contribution >= 4 is 15.9 Å². The summed E-state index contributed by atoms with van der Waals surface area (Å²) < 4.78 is 1.22. The van der Waals surface area contributed by atoms with Gasteiger partial charge in [0.15, 0.2) is 0 Å². The molecule has 0 radical (unpaired) electrons. The summed E-state index contributed by atoms with van der Waals surface area (Å²) in [5.74, 6) is 0. The molecule has 0 aromatic heterocycles. The Kier molecular flexibility index (Phi) is 1.80. The van der Waals surface area contributed by atoms with Crippen molar-refractivity contribution in [3.05, 3.63) is 33.3 Å². The molecule has 1 aliphatic heterocycles. The number of aryl methyl sites for hydroxylation is 1. The molecule has 3 rings (SSSR count). The summed E-state index contributed by atoms with van der Waals surface area (Å²) in [4.78, 5) is 0. The Balaban J connectivity index is 2.22. The minimum atomic E-state index is 0.512. The Labute approximate surface area is 93.0 Å². The van der Waals surface area contributed by atoms with Gasteiger partial charge in [0, 0.05) is 23.0 Å². The molecule has 2 aliphatic rings. The van der Waals surface area contributed by atoms with Crippen molar-refractivity contribution in [1.82, 2.24) is 5.32 Å². The molecule has 14 heavy (non-hydrogen) atoms. The monoisotopic (exact) mass is 251 g/mol. The maximum atomic E-state index is 3.57. The molecule has 1 aromatic rings. The summed E-state index contributed by atoms with van der Waals surface area (Å²) in [5, 5.41) is 3.53. The zero-order valence-electron chi connectivity index (χ0n) is 8.36. The van der Waals surface area contributed by atoms with Gasteiger partial charge in [-0.2, -0.15) is 0 Å². The van der Waals surface area contributed by atoms with Crippen LogP contribution in [0.2, 0.25) is 0 Å². The Morgan fingerprint density at radius 1 is 1.36 bits per heavy atom. The molecule has 74 valence electrons. The minimum Gasteiger partial charge on any atom is -0.312 e. The molecule has 1 spiro atoms. The topological polar surface area (TPSA) is 12.0 Å². The first kappa shape index (κ1) is 8.93. The van der Waals surface area contributed by atoms with Gasteiger partial charge in [-0.05, 0) is 48.6 Å². The van der Waals surface area contributed by atoms with Gasteiger partial charge in [-0.15, -0.1) is 0 Å². The lowest BCUT2D eigenvalue weighted by molar-refractivity contribution is 0.528. The van der Waals surface area contributed by atoms with E-state index < -0.39 is 0 Å². The van der Waals surface area contributed by atoms with E-state index >= 15 is 0 Å². The molecule has 1 nitrogen and oxygen atoms in total. The van der Waals surface area contributed by atoms with Gasteiger partial charge < -0.3 is 5.32 Å². The number of fused-ring (bicyclic) bond motifs is 2. The minimum absolute atomic E-state index is 0.512. The Bertz CT molecular complexity index is 394. The van der Waals surface area contributed by atoms with Crippen LogP contribution in [0.15, 0.2) is 16.6 Å². The van der Waals surface area contributed by atoms with E-state index in [-0.39, 0.29) is 0 Å². The first-order valence-electron chi connectivity index (χ1n) is 5.22. The number of rotatable bonds is 0. The SMILES string of the molecule is Cc1cc(Br)cc2c1C1(CC1)CNC2. The first-order chi connectivity index (χ1) is 6.71. The Morgan fingerprint density at radius 2 is 2.14 bits per heavy atom. The van der Waals surface area contributed by atoms with Crippen molar-refractivity contribution in [1.29, 1.82) is 0 Å². The highest BCUT2D eigenvalue weighted by atomic mass is 79.9. The molecular formula is C12H14BrN. The fourth-order valence-corrected chi connectivity index (χ4v) is 3.43. The van der Waals surface area contributed by atoms with E-state index in [4.69, 9.17) is 0 Å². The smallest absolute Gasteiger partial charge is 0.0209 e. The summed E-state index contributed by atoms with van der Waals surface area (Å²) in [6.07, 6.45) is 2.74. The summed E-state index contributed by atoms with van der Waals surface area (Å²) in [7, 11) is 0. The van der Waals surface area contributed by atoms with E-state index in [1.165, 1.54) is 35.0 Å². The molecule has 1 saturated carbocycles. The molecular weight excluding hydrogens is 238 g/mol. The highest BCUT2D eigenvalue weighted by molar-refractivity contribution is 9.10. The Morgan fingerprint density at radius 3 is 2.86 bits per heavy atom. The molecule has 0 bridgehead atoms. The van der Waals surface area contributed by atoms with Gasteiger partial charge in [0.25, 0.3) is 0 Å². The molecule has 1 aromatic carbocycles. The van der Waals surface area contributed by atoms with Crippen molar-refractivity contribution in [3.8, 4) is 0 Å². The van der Waals surface area contributed by atoms with Crippen molar-refractivity contribution in [2.45, 2.75) is 31.7 Å². The van der Waals surface area contributed by atoms with Gasteiger partial charge in [0.1, 0.15) is 0 Å². The van der Waals surface area contributed by atoms with E-state index in [1.54, 1.807) is 5.56 Å². The van der Waals surface area contributed by atoms with Crippen LogP contribution in [-0.4, -0.2) is 6.54 Å². The number of halogens is 1. The highest BCUT2D eigenvalue weighted by Gasteiger charge is 2.47. The average Bonchev–Trinajstić information content (AvgIpc) is 2.84. The molecule has 1 fully saturated rings. The van der Waals surface area contributed by atoms with Crippen LogP contribution in [0.25, 0.3) is 0 Å². The largest absolute Gasteiger partial charge is 0.312 e. The second-order valence-corrected chi connectivity index (χ2v) is 5.56. The first-order valence-corrected chi connectivity index (χ1v) is 6.01. The third kappa shape index (κ3) is 1.17. The maximum Gasteiger partial charge on any atom is 0.0209 e. The number of nitrogens with one attached hydrogen (secondary N) is 1. The molecule has 0 unspecified atom stereocenters. The second-order valence-electron chi connectivity index (χ2n) is 4.64. The Hall–Kier alpha value is -0.340. The van der Waals surface area contributed by atoms with Gasteiger partial charge in [-0.1, -0.05) is 15.9 Å². The number of benzene rings is 1. The van der Waals surface area contributed by atoms with E-state index in [0.29, 0.717) is 5.41 Å². The second kappa shape index (κ2) is 2.83. The van der Waals surface area contributed by atoms with Gasteiger partial charge in [0.05, 0.1) is 0 Å². The number of hydrogen-bond donors (Lipinski definition) is 1. The standard InChI is InChI=1S/C12H14BrN/c1-8-4-10(13)5-9-6-14-7-12(2-3-12)11(8)9/h4-5,14H,2-3,6-7H2,1H3. The van der Waals surface area contributed by atoms with E-state index in [1.807, 2.05) is 0 Å². The van der Waals surface area contributed by atoms with Crippen LogP contribution in [0, 0.1) is 6.92 Å². The fourth-order valence-electron chi connectivity index (χ4n) is 2.81. The van der Waals surface area contributed by atoms with Crippen LogP contribution < -0.4 is 5.32 Å². The third-order valence-corrected chi connectivity index (χ3v) is 4.00. The highest BCUT2D eigenvalue weighted by Crippen LogP contribution is 2.51. The van der Waals surface area contributed by atoms with Crippen LogP contribution in [0.4, 0.5) is 0 Å². The van der Waals surface area contributed by atoms with E-state index in [9.17, 15) is 0 Å². The lowest BCUT2D eigenvalue weighted by Crippen LogP contribution is -2.34. The predicted molar refractivity (Wildman–Crippen MR) is 61.5 cm³/mol. The quantitative estimate of drug-likeness (QED) is 0.748. The zero-order chi connectivity index (χ0) is 9.76. The lowest BCUT2D eigenvalue weighted by Gasteiger charge is -2.28. The molecule has 1 heterocycles. The molecule has 1 N–H and O–H groups in total. The van der Waals surface area contributed by atoms with Crippen LogP contribution in [0.5, 0.6) is 0 Å². The van der Waals surface area contributed by atoms with Crippen LogP contribution in [0.1, 0.15) is 29.5 Å². The van der Waals surface area contributed by atoms with E-state index in [0.717, 1.165) is 6.54 Å². The van der Waals surface area contributed by atoms with Gasteiger partial charge in [-0.3, -0.25) is 0 Å². The van der Waals surface area contributed by atoms with Crippen molar-refractivity contribution in [2.24, 2.45) is 0 Å². The zero-order valence-corrected chi connectivity index (χ0v) is 9.95. The van der Waals surface area contributed by atoms with Crippen molar-refractivity contribution in [3.63, 3.8) is 0 Å². The van der Waals surface area contributed by atoms with Crippen LogP contribution in [0.3, 0.4) is 0 Å². The summed E-state index contributed by atoms with van der Waals surface area (Å²) in [6.45, 7) is 4.47. The van der Waals surface area contributed by atoms with Gasteiger partial charge in [-0.25, -0.2) is 0 Å². The van der Waals surface area contributed by atoms with Crippen LogP contribution in [-0.2, 0) is 12.0 Å². The number of hydrogen-bond acceptors (Lipinski definition) is 1. The normalized spacial score (nSPS) is 22.1. The molecule has 0 saturated heterocycles. The molecule has 1 aliphatic carbocycles. The predicted octanol–water partition coefficient (Wildman–Crippen LogP) is 2.89. The fraction of sp³-hybridized carbons (Fsp3) is 0.500. The summed E-state index contributed by atoms with van der Waals surface area (Å²) in [5.41, 5.74) is 5.12. The lowest BCUT2D eigenvalue weighted by atomic mass is 9.85. The van der Waals surface area contributed by atoms with Crippen LogP contribution >= 0.6 is 15.9 Å². The van der Waals surface area contributed by atoms with Crippen molar-refractivity contribution in [2.75, 3.05) is 6.54 Å². The van der Waals surface area contributed by atoms with E-state index in [2.05, 4.69) is 40.3 Å². The summed E-state index contributed by atoms with van der Waals surface area (Å²) in [6, 6.07) is 4.53. The third-order valence-electron chi connectivity index (χ3n) is 3.54. The summed E-state index contributed by atoms with van der Waals surface area (Å²) >= 11 is 3.57.